The number of benzene rings is 3. The lowest BCUT2D eigenvalue weighted by molar-refractivity contribution is 0.0207. The molecule has 4 aromatic rings. The first-order valence-corrected chi connectivity index (χ1v) is 12.3. The van der Waals surface area contributed by atoms with E-state index in [2.05, 4.69) is 29.7 Å². The predicted octanol–water partition coefficient (Wildman–Crippen LogP) is 7.28. The van der Waals surface area contributed by atoms with Gasteiger partial charge < -0.3 is 14.0 Å². The maximum absolute atomic E-state index is 12.2. The molecule has 0 amide bonds. The Morgan fingerprint density at radius 3 is 2.47 bits per heavy atom. The Bertz CT molecular complexity index is 1410. The summed E-state index contributed by atoms with van der Waals surface area (Å²) in [4.78, 5) is 17.1. The number of aryl methyl sites for hydroxylation is 1. The van der Waals surface area contributed by atoms with Crippen molar-refractivity contribution in [2.45, 2.75) is 59.1 Å². The number of unbranched alkanes of at least 4 members (excludes halogenated alkanes) is 1. The van der Waals surface area contributed by atoms with Crippen LogP contribution in [0.2, 0.25) is 0 Å². The van der Waals surface area contributed by atoms with Crippen molar-refractivity contribution in [3.63, 3.8) is 0 Å². The molecule has 6 nitrogen and oxygen atoms in total. The Hall–Kier alpha value is -4.11. The molecule has 0 spiro atoms. The van der Waals surface area contributed by atoms with Crippen LogP contribution in [0.15, 0.2) is 66.7 Å². The van der Waals surface area contributed by atoms with E-state index >= 15 is 0 Å². The van der Waals surface area contributed by atoms with E-state index in [1.54, 1.807) is 26.8 Å². The SMILES string of the molecule is CCCCc1nc2cccc(C#N)c2n1Cc1ccc(-c2ccccc2OC(=O)OC(C)(C)C)cc1. The molecular formula is C30H31N3O3. The molecule has 0 fully saturated rings. The number of carbonyl (C=O) groups is 1. The third-order valence-electron chi connectivity index (χ3n) is 5.80. The lowest BCUT2D eigenvalue weighted by atomic mass is 10.0. The maximum Gasteiger partial charge on any atom is 0.514 e. The molecule has 4 rings (SSSR count). The summed E-state index contributed by atoms with van der Waals surface area (Å²) in [5, 5.41) is 9.69. The van der Waals surface area contributed by atoms with Crippen LogP contribution in [0, 0.1) is 11.3 Å². The molecule has 0 radical (unpaired) electrons. The van der Waals surface area contributed by atoms with E-state index in [1.165, 1.54) is 0 Å². The fraction of sp³-hybridized carbons (Fsp3) is 0.300. The van der Waals surface area contributed by atoms with E-state index < -0.39 is 11.8 Å². The summed E-state index contributed by atoms with van der Waals surface area (Å²) in [7, 11) is 0. The zero-order chi connectivity index (χ0) is 25.7. The number of carbonyl (C=O) groups excluding carboxylic acids is 1. The number of rotatable bonds is 7. The average molecular weight is 482 g/mol. The number of para-hydroxylation sites is 2. The van der Waals surface area contributed by atoms with Crippen LogP contribution in [0.1, 0.15) is 57.5 Å². The van der Waals surface area contributed by atoms with Gasteiger partial charge in [0.05, 0.1) is 16.6 Å². The number of nitriles is 1. The fourth-order valence-corrected chi connectivity index (χ4v) is 4.15. The van der Waals surface area contributed by atoms with Gasteiger partial charge in [0.15, 0.2) is 0 Å². The molecule has 0 aliphatic heterocycles. The number of fused-ring (bicyclic) bond motifs is 1. The number of imidazole rings is 1. The minimum Gasteiger partial charge on any atom is -0.428 e. The van der Waals surface area contributed by atoms with Crippen LogP contribution in [0.5, 0.6) is 5.75 Å². The Morgan fingerprint density at radius 1 is 1.03 bits per heavy atom. The van der Waals surface area contributed by atoms with Crippen molar-refractivity contribution in [3.05, 3.63) is 83.7 Å². The molecule has 1 aromatic heterocycles. The van der Waals surface area contributed by atoms with E-state index in [4.69, 9.17) is 14.5 Å². The molecule has 0 saturated carbocycles. The fourth-order valence-electron chi connectivity index (χ4n) is 4.15. The number of aromatic nitrogens is 2. The Balaban J connectivity index is 1.62. The zero-order valence-corrected chi connectivity index (χ0v) is 21.2. The first-order chi connectivity index (χ1) is 17.3. The van der Waals surface area contributed by atoms with Gasteiger partial charge in [-0.1, -0.05) is 61.9 Å². The average Bonchev–Trinajstić information content (AvgIpc) is 3.19. The van der Waals surface area contributed by atoms with Crippen molar-refractivity contribution in [3.8, 4) is 22.9 Å². The molecule has 184 valence electrons. The van der Waals surface area contributed by atoms with Crippen molar-refractivity contribution in [1.29, 1.82) is 5.26 Å². The van der Waals surface area contributed by atoms with Crippen molar-refractivity contribution >= 4 is 17.2 Å². The summed E-state index contributed by atoms with van der Waals surface area (Å²) in [6.07, 6.45) is 2.25. The molecule has 1 heterocycles. The van der Waals surface area contributed by atoms with Crippen LogP contribution in [-0.2, 0) is 17.7 Å². The first-order valence-electron chi connectivity index (χ1n) is 12.3. The minimum absolute atomic E-state index is 0.445. The highest BCUT2D eigenvalue weighted by Gasteiger charge is 2.20. The van der Waals surface area contributed by atoms with Crippen molar-refractivity contribution in [2.75, 3.05) is 0 Å². The molecule has 0 aliphatic carbocycles. The van der Waals surface area contributed by atoms with E-state index in [0.717, 1.165) is 52.8 Å². The van der Waals surface area contributed by atoms with Gasteiger partial charge in [-0.2, -0.15) is 5.26 Å². The highest BCUT2D eigenvalue weighted by atomic mass is 16.7. The number of ether oxygens (including phenoxy) is 2. The molecule has 0 N–H and O–H groups in total. The summed E-state index contributed by atoms with van der Waals surface area (Å²) in [5.41, 5.74) is 4.56. The minimum atomic E-state index is -0.730. The van der Waals surface area contributed by atoms with Gasteiger partial charge >= 0.3 is 6.16 Å². The highest BCUT2D eigenvalue weighted by molar-refractivity contribution is 5.82. The number of nitrogens with zero attached hydrogens (tertiary/aromatic N) is 3. The first kappa shape index (κ1) is 25.0. The molecule has 36 heavy (non-hydrogen) atoms. The molecule has 3 aromatic carbocycles. The largest absolute Gasteiger partial charge is 0.514 e. The van der Waals surface area contributed by atoms with E-state index in [1.807, 2.05) is 48.5 Å². The number of hydrogen-bond acceptors (Lipinski definition) is 5. The summed E-state index contributed by atoms with van der Waals surface area (Å²) >= 11 is 0. The summed E-state index contributed by atoms with van der Waals surface area (Å²) in [6.45, 7) is 8.18. The molecular weight excluding hydrogens is 450 g/mol. The van der Waals surface area contributed by atoms with Crippen molar-refractivity contribution in [2.24, 2.45) is 0 Å². The van der Waals surface area contributed by atoms with Gasteiger partial charge in [0.1, 0.15) is 23.2 Å². The summed E-state index contributed by atoms with van der Waals surface area (Å²) < 4.78 is 13.0. The quantitative estimate of drug-likeness (QED) is 0.205. The van der Waals surface area contributed by atoms with Gasteiger partial charge in [0, 0.05) is 18.5 Å². The third-order valence-corrected chi connectivity index (χ3v) is 5.80. The molecule has 0 aliphatic rings. The third kappa shape index (κ3) is 5.75. The van der Waals surface area contributed by atoms with Gasteiger partial charge in [-0.15, -0.1) is 0 Å². The van der Waals surface area contributed by atoms with Gasteiger partial charge in [-0.3, -0.25) is 0 Å². The van der Waals surface area contributed by atoms with Crippen molar-refractivity contribution in [1.82, 2.24) is 9.55 Å². The second-order valence-corrected chi connectivity index (χ2v) is 9.76. The highest BCUT2D eigenvalue weighted by Crippen LogP contribution is 2.31. The second-order valence-electron chi connectivity index (χ2n) is 9.76. The van der Waals surface area contributed by atoms with E-state index in [9.17, 15) is 10.1 Å². The Kier molecular flexibility index (Phi) is 7.40. The van der Waals surface area contributed by atoms with Crippen LogP contribution >= 0.6 is 0 Å². The van der Waals surface area contributed by atoms with E-state index in [-0.39, 0.29) is 0 Å². The molecule has 0 bridgehead atoms. The van der Waals surface area contributed by atoms with Gasteiger partial charge in [0.2, 0.25) is 0 Å². The monoisotopic (exact) mass is 481 g/mol. The topological polar surface area (TPSA) is 77.1 Å². The zero-order valence-electron chi connectivity index (χ0n) is 21.2. The molecule has 0 atom stereocenters. The van der Waals surface area contributed by atoms with Gasteiger partial charge in [0.25, 0.3) is 0 Å². The van der Waals surface area contributed by atoms with Crippen LogP contribution in [-0.4, -0.2) is 21.3 Å². The van der Waals surface area contributed by atoms with Crippen LogP contribution < -0.4 is 4.74 Å². The Morgan fingerprint density at radius 2 is 1.78 bits per heavy atom. The summed E-state index contributed by atoms with van der Waals surface area (Å²) in [6, 6.07) is 23.6. The normalized spacial score (nSPS) is 11.3. The lowest BCUT2D eigenvalue weighted by Gasteiger charge is -2.19. The van der Waals surface area contributed by atoms with Crippen molar-refractivity contribution < 1.29 is 14.3 Å². The Labute approximate surface area is 212 Å². The second kappa shape index (κ2) is 10.7. The van der Waals surface area contributed by atoms with Gasteiger partial charge in [-0.05, 0) is 56.5 Å². The van der Waals surface area contributed by atoms with E-state index in [0.29, 0.717) is 17.9 Å². The van der Waals surface area contributed by atoms with Crippen LogP contribution in [0.3, 0.4) is 0 Å². The predicted molar refractivity (Wildman–Crippen MR) is 141 cm³/mol. The maximum atomic E-state index is 12.2. The summed E-state index contributed by atoms with van der Waals surface area (Å²) in [5.74, 6) is 1.44. The molecule has 0 unspecified atom stereocenters. The van der Waals surface area contributed by atoms with Crippen LogP contribution in [0.25, 0.3) is 22.2 Å². The molecule has 0 saturated heterocycles. The van der Waals surface area contributed by atoms with Gasteiger partial charge in [-0.25, -0.2) is 9.78 Å². The smallest absolute Gasteiger partial charge is 0.428 e. The standard InChI is InChI=1S/C30H31N3O3/c1-5-6-14-27-32-25-12-9-10-23(19-31)28(25)33(27)20-21-15-17-22(18-16-21)24-11-7-8-13-26(24)35-29(34)36-30(2,3)4/h7-13,15-18H,5-6,14,20H2,1-4H3. The lowest BCUT2D eigenvalue weighted by Crippen LogP contribution is -2.26. The molecule has 6 heteroatoms. The van der Waals surface area contributed by atoms with Crippen LogP contribution in [0.4, 0.5) is 4.79 Å². The number of hydrogen-bond donors (Lipinski definition) is 0.